The molecular formula is C13H21NO2S. The Labute approximate surface area is 107 Å². The minimum absolute atomic E-state index is 0.0646. The lowest BCUT2D eigenvalue weighted by molar-refractivity contribution is 0.0873. The first-order chi connectivity index (χ1) is 7.89. The summed E-state index contributed by atoms with van der Waals surface area (Å²) in [6.07, 6.45) is 2.10. The van der Waals surface area contributed by atoms with Gasteiger partial charge in [-0.25, -0.2) is 0 Å². The van der Waals surface area contributed by atoms with E-state index in [4.69, 9.17) is 5.11 Å². The van der Waals surface area contributed by atoms with Crippen LogP contribution in [0.15, 0.2) is 6.07 Å². The highest BCUT2D eigenvalue weighted by molar-refractivity contribution is 7.14. The van der Waals surface area contributed by atoms with Gasteiger partial charge >= 0.3 is 0 Å². The topological polar surface area (TPSA) is 49.3 Å². The summed E-state index contributed by atoms with van der Waals surface area (Å²) in [4.78, 5) is 13.9. The molecular weight excluding hydrogens is 234 g/mol. The summed E-state index contributed by atoms with van der Waals surface area (Å²) in [6.45, 7) is 7.72. The van der Waals surface area contributed by atoms with Crippen molar-refractivity contribution in [2.24, 2.45) is 0 Å². The van der Waals surface area contributed by atoms with E-state index in [1.54, 1.807) is 13.8 Å². The number of aliphatic hydroxyl groups excluding tert-OH is 1. The van der Waals surface area contributed by atoms with Crippen molar-refractivity contribution in [3.63, 3.8) is 0 Å². The van der Waals surface area contributed by atoms with Gasteiger partial charge in [-0.1, -0.05) is 13.3 Å². The van der Waals surface area contributed by atoms with Gasteiger partial charge in [0.05, 0.1) is 17.0 Å². The minimum atomic E-state index is -0.570. The zero-order valence-electron chi connectivity index (χ0n) is 11.0. The van der Waals surface area contributed by atoms with Crippen LogP contribution < -0.4 is 5.32 Å². The molecule has 0 radical (unpaired) electrons. The number of aliphatic hydroxyl groups is 1. The molecule has 0 saturated heterocycles. The average molecular weight is 255 g/mol. The van der Waals surface area contributed by atoms with Gasteiger partial charge in [0.1, 0.15) is 0 Å². The van der Waals surface area contributed by atoms with Crippen LogP contribution in [0, 0.1) is 6.92 Å². The third-order valence-electron chi connectivity index (χ3n) is 2.61. The zero-order chi connectivity index (χ0) is 13.1. The van der Waals surface area contributed by atoms with Crippen molar-refractivity contribution in [1.29, 1.82) is 0 Å². The fourth-order valence-electron chi connectivity index (χ4n) is 1.56. The highest BCUT2D eigenvalue weighted by atomic mass is 32.1. The largest absolute Gasteiger partial charge is 0.394 e. The highest BCUT2D eigenvalue weighted by Crippen LogP contribution is 2.23. The molecule has 0 unspecified atom stereocenters. The maximum atomic E-state index is 12.0. The van der Waals surface area contributed by atoms with Crippen molar-refractivity contribution < 1.29 is 9.90 Å². The molecule has 1 aromatic rings. The van der Waals surface area contributed by atoms with Gasteiger partial charge in [0.25, 0.3) is 5.91 Å². The van der Waals surface area contributed by atoms with Gasteiger partial charge in [-0.3, -0.25) is 4.79 Å². The van der Waals surface area contributed by atoms with Crippen LogP contribution in [-0.4, -0.2) is 23.2 Å². The van der Waals surface area contributed by atoms with Gasteiger partial charge in [0.15, 0.2) is 0 Å². The lowest BCUT2D eigenvalue weighted by atomic mass is 10.1. The Morgan fingerprint density at radius 3 is 2.71 bits per heavy atom. The third kappa shape index (κ3) is 3.82. The summed E-state index contributed by atoms with van der Waals surface area (Å²) in [5, 5.41) is 11.9. The van der Waals surface area contributed by atoms with Crippen molar-refractivity contribution >= 4 is 17.2 Å². The molecule has 17 heavy (non-hydrogen) atoms. The van der Waals surface area contributed by atoms with Gasteiger partial charge in [0.2, 0.25) is 0 Å². The number of carbonyl (C=O) groups is 1. The van der Waals surface area contributed by atoms with Gasteiger partial charge in [-0.05, 0) is 38.8 Å². The van der Waals surface area contributed by atoms with E-state index in [-0.39, 0.29) is 12.5 Å². The van der Waals surface area contributed by atoms with Gasteiger partial charge in [0, 0.05) is 4.88 Å². The molecule has 0 aliphatic heterocycles. The number of nitrogens with one attached hydrogen (secondary N) is 1. The van der Waals surface area contributed by atoms with Crippen LogP contribution in [0.5, 0.6) is 0 Å². The lowest BCUT2D eigenvalue weighted by Crippen LogP contribution is -2.46. The molecule has 0 aliphatic rings. The second-order valence-electron chi connectivity index (χ2n) is 4.94. The maximum Gasteiger partial charge on any atom is 0.261 e. The molecule has 1 heterocycles. The van der Waals surface area contributed by atoms with E-state index >= 15 is 0 Å². The molecule has 1 amide bonds. The van der Waals surface area contributed by atoms with Crippen molar-refractivity contribution in [2.75, 3.05) is 6.61 Å². The molecule has 0 bridgehead atoms. The van der Waals surface area contributed by atoms with E-state index < -0.39 is 5.54 Å². The smallest absolute Gasteiger partial charge is 0.261 e. The summed E-state index contributed by atoms with van der Waals surface area (Å²) in [5.74, 6) is -0.0977. The SMILES string of the molecule is CCCc1cc(C(=O)NC(C)(C)CO)sc1C. The summed E-state index contributed by atoms with van der Waals surface area (Å²) >= 11 is 1.52. The molecule has 0 saturated carbocycles. The molecule has 3 nitrogen and oxygen atoms in total. The predicted octanol–water partition coefficient (Wildman–Crippen LogP) is 2.51. The summed E-state index contributed by atoms with van der Waals surface area (Å²) in [6, 6.07) is 1.96. The van der Waals surface area contributed by atoms with Crippen LogP contribution >= 0.6 is 11.3 Å². The Bertz CT molecular complexity index is 396. The standard InChI is InChI=1S/C13H21NO2S/c1-5-6-10-7-11(17-9(10)2)12(16)14-13(3,4)8-15/h7,15H,5-6,8H2,1-4H3,(H,14,16). The van der Waals surface area contributed by atoms with Crippen molar-refractivity contribution in [1.82, 2.24) is 5.32 Å². The highest BCUT2D eigenvalue weighted by Gasteiger charge is 2.21. The van der Waals surface area contributed by atoms with E-state index in [1.165, 1.54) is 21.8 Å². The summed E-state index contributed by atoms with van der Waals surface area (Å²) in [5.41, 5.74) is 0.685. The van der Waals surface area contributed by atoms with E-state index in [2.05, 4.69) is 12.2 Å². The fourth-order valence-corrected chi connectivity index (χ4v) is 2.52. The van der Waals surface area contributed by atoms with E-state index in [0.29, 0.717) is 0 Å². The number of hydrogen-bond donors (Lipinski definition) is 2. The number of aryl methyl sites for hydroxylation is 2. The predicted molar refractivity (Wildman–Crippen MR) is 71.7 cm³/mol. The number of thiophene rings is 1. The minimum Gasteiger partial charge on any atom is -0.394 e. The normalized spacial score (nSPS) is 11.6. The first kappa shape index (κ1) is 14.2. The lowest BCUT2D eigenvalue weighted by Gasteiger charge is -2.22. The van der Waals surface area contributed by atoms with E-state index in [1.807, 2.05) is 13.0 Å². The first-order valence-corrected chi connectivity index (χ1v) is 6.74. The number of amides is 1. The van der Waals surface area contributed by atoms with Crippen molar-refractivity contribution in [3.05, 3.63) is 21.4 Å². The van der Waals surface area contributed by atoms with Crippen molar-refractivity contribution in [3.8, 4) is 0 Å². The fraction of sp³-hybridized carbons (Fsp3) is 0.615. The third-order valence-corrected chi connectivity index (χ3v) is 3.70. The number of rotatable bonds is 5. The molecule has 0 fully saturated rings. The Kier molecular flexibility index (Phi) is 4.71. The van der Waals surface area contributed by atoms with Crippen LogP contribution in [0.4, 0.5) is 0 Å². The quantitative estimate of drug-likeness (QED) is 0.849. The van der Waals surface area contributed by atoms with Crippen LogP contribution in [-0.2, 0) is 6.42 Å². The molecule has 0 aromatic carbocycles. The van der Waals surface area contributed by atoms with Crippen molar-refractivity contribution in [2.45, 2.75) is 46.1 Å². The molecule has 0 spiro atoms. The number of carbonyl (C=O) groups excluding carboxylic acids is 1. The average Bonchev–Trinajstić information content (AvgIpc) is 2.61. The van der Waals surface area contributed by atoms with Crippen LogP contribution in [0.2, 0.25) is 0 Å². The van der Waals surface area contributed by atoms with Gasteiger partial charge in [-0.2, -0.15) is 0 Å². The molecule has 1 rings (SSSR count). The maximum absolute atomic E-state index is 12.0. The molecule has 96 valence electrons. The monoisotopic (exact) mass is 255 g/mol. The molecule has 1 aromatic heterocycles. The van der Waals surface area contributed by atoms with Crippen LogP contribution in [0.3, 0.4) is 0 Å². The Balaban J connectivity index is 2.79. The Hall–Kier alpha value is -0.870. The Morgan fingerprint density at radius 2 is 2.18 bits per heavy atom. The summed E-state index contributed by atoms with van der Waals surface area (Å²) in [7, 11) is 0. The second-order valence-corrected chi connectivity index (χ2v) is 6.19. The molecule has 2 N–H and O–H groups in total. The molecule has 0 atom stereocenters. The van der Waals surface area contributed by atoms with Gasteiger partial charge < -0.3 is 10.4 Å². The van der Waals surface area contributed by atoms with Crippen LogP contribution in [0.25, 0.3) is 0 Å². The van der Waals surface area contributed by atoms with E-state index in [9.17, 15) is 4.79 Å². The second kappa shape index (κ2) is 5.65. The summed E-state index contributed by atoms with van der Waals surface area (Å²) < 4.78 is 0. The van der Waals surface area contributed by atoms with Crippen LogP contribution in [0.1, 0.15) is 47.3 Å². The molecule has 4 heteroatoms. The Morgan fingerprint density at radius 1 is 1.53 bits per heavy atom. The first-order valence-electron chi connectivity index (χ1n) is 5.92. The van der Waals surface area contributed by atoms with Gasteiger partial charge in [-0.15, -0.1) is 11.3 Å². The van der Waals surface area contributed by atoms with E-state index in [0.717, 1.165) is 17.7 Å². The zero-order valence-corrected chi connectivity index (χ0v) is 11.8. The molecule has 0 aliphatic carbocycles. The number of hydrogen-bond acceptors (Lipinski definition) is 3.